The van der Waals surface area contributed by atoms with E-state index >= 15 is 0 Å². The Hall–Kier alpha value is -8.15. The molecule has 0 spiro atoms. The molecule has 10 rings (SSSR count). The van der Waals surface area contributed by atoms with Gasteiger partial charge in [0.05, 0.1) is 11.4 Å². The van der Waals surface area contributed by atoms with Crippen LogP contribution in [0.3, 0.4) is 0 Å². The van der Waals surface area contributed by atoms with Gasteiger partial charge in [-0.1, -0.05) is 206 Å². The van der Waals surface area contributed by atoms with E-state index in [1.807, 2.05) is 84.9 Å². The van der Waals surface area contributed by atoms with Gasteiger partial charge in [-0.2, -0.15) is 0 Å². The fourth-order valence-corrected chi connectivity index (χ4v) is 7.51. The van der Waals surface area contributed by atoms with Crippen molar-refractivity contribution in [3.8, 4) is 101 Å². The molecule has 60 heavy (non-hydrogen) atoms. The molecule has 0 unspecified atom stereocenters. The predicted molar refractivity (Wildman–Crippen MR) is 244 cm³/mol. The van der Waals surface area contributed by atoms with Gasteiger partial charge in [-0.15, -0.1) is 0 Å². The summed E-state index contributed by atoms with van der Waals surface area (Å²) in [7, 11) is 0. The topological polar surface area (TPSA) is 64.5 Å². The summed E-state index contributed by atoms with van der Waals surface area (Å²) in [6.45, 7) is 0. The number of aromatic nitrogens is 5. The molecule has 0 bridgehead atoms. The van der Waals surface area contributed by atoms with E-state index in [-0.39, 0.29) is 0 Å². The van der Waals surface area contributed by atoms with Gasteiger partial charge in [-0.05, 0) is 51.6 Å². The Balaban J connectivity index is 1.04. The van der Waals surface area contributed by atoms with Gasteiger partial charge in [0, 0.05) is 33.4 Å². The van der Waals surface area contributed by atoms with Crippen molar-refractivity contribution >= 4 is 0 Å². The summed E-state index contributed by atoms with van der Waals surface area (Å²) in [4.78, 5) is 25.2. The maximum absolute atomic E-state index is 5.20. The van der Waals surface area contributed by atoms with Crippen molar-refractivity contribution < 1.29 is 0 Å². The lowest BCUT2D eigenvalue weighted by Gasteiger charge is -2.14. The third-order valence-corrected chi connectivity index (χ3v) is 10.6. The molecule has 0 saturated heterocycles. The molecule has 0 amide bonds. The van der Waals surface area contributed by atoms with E-state index < -0.39 is 0 Å². The fourth-order valence-electron chi connectivity index (χ4n) is 7.51. The average molecular weight is 768 g/mol. The average Bonchev–Trinajstić information content (AvgIpc) is 3.35. The molecule has 0 saturated carbocycles. The smallest absolute Gasteiger partial charge is 0.164 e. The van der Waals surface area contributed by atoms with Gasteiger partial charge in [0.25, 0.3) is 0 Å². The van der Waals surface area contributed by atoms with Crippen LogP contribution in [0.2, 0.25) is 0 Å². The van der Waals surface area contributed by atoms with Gasteiger partial charge in [0.2, 0.25) is 0 Å². The SMILES string of the molecule is c1ccc(-c2ccc(-c3ccccc3-c3cc(-c4cccc(-c5cccc(-c6nc(-c7ccccc7)nc(-c7ccccc7)n6)c5)c4)nc(-c4ccccc4)n3)cc2)cc1. The quantitative estimate of drug-likeness (QED) is 0.146. The van der Waals surface area contributed by atoms with Crippen molar-refractivity contribution in [3.05, 3.63) is 224 Å². The standard InChI is InChI=1S/C55H37N5/c1-5-17-38(18-6-1)39-31-33-40(34-32-39)48-29-13-14-30-49(48)51-37-50(56-52(57-51)41-19-7-2-8-20-41)46-27-15-25-44(35-46)45-26-16-28-47(36-45)55-59-53(42-21-9-3-10-22-42)58-54(60-55)43-23-11-4-12-24-43/h1-37H. The van der Waals surface area contributed by atoms with Crippen LogP contribution in [0.15, 0.2) is 224 Å². The zero-order valence-electron chi connectivity index (χ0n) is 32.6. The number of hydrogen-bond acceptors (Lipinski definition) is 5. The van der Waals surface area contributed by atoms with Crippen LogP contribution in [0.5, 0.6) is 0 Å². The van der Waals surface area contributed by atoms with Crippen LogP contribution in [0.1, 0.15) is 0 Å². The third kappa shape index (κ3) is 7.63. The highest BCUT2D eigenvalue weighted by Crippen LogP contribution is 2.36. The van der Waals surface area contributed by atoms with Crippen LogP contribution in [0.25, 0.3) is 101 Å². The Bertz CT molecular complexity index is 3000. The van der Waals surface area contributed by atoms with Gasteiger partial charge in [-0.25, -0.2) is 24.9 Å². The summed E-state index contributed by atoms with van der Waals surface area (Å²) >= 11 is 0. The van der Waals surface area contributed by atoms with Crippen molar-refractivity contribution in [2.75, 3.05) is 0 Å². The molecule has 8 aromatic carbocycles. The molecule has 0 atom stereocenters. The van der Waals surface area contributed by atoms with Gasteiger partial charge in [0.1, 0.15) is 0 Å². The predicted octanol–water partition coefficient (Wildman–Crippen LogP) is 13.7. The van der Waals surface area contributed by atoms with Gasteiger partial charge >= 0.3 is 0 Å². The van der Waals surface area contributed by atoms with Crippen LogP contribution in [-0.4, -0.2) is 24.9 Å². The van der Waals surface area contributed by atoms with Crippen molar-refractivity contribution in [2.24, 2.45) is 0 Å². The molecule has 0 fully saturated rings. The van der Waals surface area contributed by atoms with Crippen molar-refractivity contribution in [1.82, 2.24) is 24.9 Å². The van der Waals surface area contributed by atoms with Crippen molar-refractivity contribution in [3.63, 3.8) is 0 Å². The van der Waals surface area contributed by atoms with Crippen molar-refractivity contribution in [2.45, 2.75) is 0 Å². The summed E-state index contributed by atoms with van der Waals surface area (Å²) in [5.41, 5.74) is 14.1. The second-order valence-electron chi connectivity index (χ2n) is 14.5. The lowest BCUT2D eigenvalue weighted by atomic mass is 9.94. The number of nitrogens with zero attached hydrogens (tertiary/aromatic N) is 5. The fraction of sp³-hybridized carbons (Fsp3) is 0. The normalized spacial score (nSPS) is 11.0. The van der Waals surface area contributed by atoms with Gasteiger partial charge in [0.15, 0.2) is 23.3 Å². The molecule has 5 heteroatoms. The largest absolute Gasteiger partial charge is 0.228 e. The Morgan fingerprint density at radius 2 is 0.533 bits per heavy atom. The molecular weight excluding hydrogens is 731 g/mol. The zero-order chi connectivity index (χ0) is 40.1. The minimum absolute atomic E-state index is 0.613. The van der Waals surface area contributed by atoms with Crippen LogP contribution in [0, 0.1) is 0 Å². The van der Waals surface area contributed by atoms with Crippen LogP contribution >= 0.6 is 0 Å². The number of benzene rings is 8. The first-order valence-electron chi connectivity index (χ1n) is 20.0. The highest BCUT2D eigenvalue weighted by molar-refractivity contribution is 5.85. The van der Waals surface area contributed by atoms with E-state index in [1.165, 1.54) is 11.1 Å². The summed E-state index contributed by atoms with van der Waals surface area (Å²) < 4.78 is 0. The molecular formula is C55H37N5. The van der Waals surface area contributed by atoms with E-state index in [4.69, 9.17) is 24.9 Å². The third-order valence-electron chi connectivity index (χ3n) is 10.6. The van der Waals surface area contributed by atoms with E-state index in [2.05, 4.69) is 140 Å². The Labute approximate surface area is 349 Å². The first kappa shape index (κ1) is 36.2. The minimum atomic E-state index is 0.613. The second kappa shape index (κ2) is 16.4. The number of rotatable bonds is 9. The molecule has 0 N–H and O–H groups in total. The summed E-state index contributed by atoms with van der Waals surface area (Å²) in [5, 5.41) is 0. The summed E-state index contributed by atoms with van der Waals surface area (Å²) in [6.07, 6.45) is 0. The lowest BCUT2D eigenvalue weighted by molar-refractivity contribution is 1.07. The maximum atomic E-state index is 5.20. The molecule has 0 radical (unpaired) electrons. The van der Waals surface area contributed by atoms with Crippen molar-refractivity contribution in [1.29, 1.82) is 0 Å². The lowest BCUT2D eigenvalue weighted by Crippen LogP contribution is -2.00. The first-order chi connectivity index (χ1) is 29.7. The molecule has 0 aliphatic heterocycles. The Kier molecular flexibility index (Phi) is 9.88. The molecule has 0 aliphatic rings. The highest BCUT2D eigenvalue weighted by Gasteiger charge is 2.16. The summed E-state index contributed by atoms with van der Waals surface area (Å²) in [5.74, 6) is 2.54. The van der Waals surface area contributed by atoms with Crippen LogP contribution < -0.4 is 0 Å². The van der Waals surface area contributed by atoms with E-state index in [0.717, 1.165) is 67.0 Å². The number of hydrogen-bond donors (Lipinski definition) is 0. The second-order valence-corrected chi connectivity index (χ2v) is 14.5. The zero-order valence-corrected chi connectivity index (χ0v) is 32.6. The molecule has 0 aliphatic carbocycles. The first-order valence-corrected chi connectivity index (χ1v) is 20.0. The maximum Gasteiger partial charge on any atom is 0.164 e. The molecule has 2 heterocycles. The van der Waals surface area contributed by atoms with Gasteiger partial charge in [-0.3, -0.25) is 0 Å². The van der Waals surface area contributed by atoms with Gasteiger partial charge < -0.3 is 0 Å². The van der Waals surface area contributed by atoms with Crippen LogP contribution in [0.4, 0.5) is 0 Å². The molecule has 5 nitrogen and oxygen atoms in total. The summed E-state index contributed by atoms with van der Waals surface area (Å²) in [6, 6.07) is 77.1. The monoisotopic (exact) mass is 767 g/mol. The molecule has 10 aromatic rings. The van der Waals surface area contributed by atoms with E-state index in [1.54, 1.807) is 0 Å². The Morgan fingerprint density at radius 1 is 0.183 bits per heavy atom. The van der Waals surface area contributed by atoms with E-state index in [9.17, 15) is 0 Å². The Morgan fingerprint density at radius 3 is 1.08 bits per heavy atom. The molecule has 282 valence electrons. The molecule has 2 aromatic heterocycles. The van der Waals surface area contributed by atoms with Crippen LogP contribution in [-0.2, 0) is 0 Å². The minimum Gasteiger partial charge on any atom is -0.228 e. The van der Waals surface area contributed by atoms with E-state index in [0.29, 0.717) is 23.3 Å². The highest BCUT2D eigenvalue weighted by atomic mass is 15.0.